The predicted octanol–water partition coefficient (Wildman–Crippen LogP) is 6.47. The lowest BCUT2D eigenvalue weighted by Gasteiger charge is -2.16. The van der Waals surface area contributed by atoms with E-state index in [2.05, 4.69) is 0 Å². The van der Waals surface area contributed by atoms with Crippen LogP contribution in [0, 0.1) is 13.8 Å². The molecule has 0 aromatic heterocycles. The number of aryl methyl sites for hydroxylation is 2. The first-order valence-electron chi connectivity index (χ1n) is 5.96. The van der Waals surface area contributed by atoms with Gasteiger partial charge in [-0.1, -0.05) is 23.2 Å². The van der Waals surface area contributed by atoms with Crippen LogP contribution < -0.4 is 9.05 Å². The van der Waals surface area contributed by atoms with Crippen LogP contribution in [-0.2, 0) is 4.08 Å². The van der Waals surface area contributed by atoms with Crippen molar-refractivity contribution >= 4 is 43.7 Å². The minimum atomic E-state index is -1.78. The molecule has 0 radical (unpaired) electrons. The molecule has 2 rings (SSSR count). The zero-order valence-corrected chi connectivity index (χ0v) is 14.4. The van der Waals surface area contributed by atoms with Crippen LogP contribution in [0.5, 0.6) is 11.5 Å². The summed E-state index contributed by atoms with van der Waals surface area (Å²) >= 11 is 17.3. The second kappa shape index (κ2) is 7.53. The van der Waals surface area contributed by atoms with E-state index in [0.717, 1.165) is 11.1 Å². The Labute approximate surface area is 139 Å². The first-order chi connectivity index (χ1) is 9.99. The second-order valence-electron chi connectivity index (χ2n) is 4.29. The number of hydrogen-bond donors (Lipinski definition) is 0. The highest BCUT2D eigenvalue weighted by Crippen LogP contribution is 2.44. The molecule has 0 unspecified atom stereocenters. The third-order valence-electron chi connectivity index (χ3n) is 2.68. The van der Waals surface area contributed by atoms with Gasteiger partial charge in [-0.25, -0.2) is 0 Å². The zero-order valence-electron chi connectivity index (χ0n) is 11.3. The summed E-state index contributed by atoms with van der Waals surface area (Å²) in [6.07, 6.45) is 0. The first-order valence-corrected chi connectivity index (χ1v) is 8.12. The van der Waals surface area contributed by atoms with Crippen molar-refractivity contribution in [3.05, 3.63) is 57.6 Å². The van der Waals surface area contributed by atoms with E-state index in [0.29, 0.717) is 21.5 Å². The first kappa shape index (κ1) is 16.7. The Kier molecular flexibility index (Phi) is 5.98. The fourth-order valence-electron chi connectivity index (χ4n) is 1.64. The van der Waals surface area contributed by atoms with E-state index < -0.39 is 8.60 Å². The van der Waals surface area contributed by atoms with E-state index >= 15 is 0 Å². The predicted molar refractivity (Wildman–Crippen MR) is 87.5 cm³/mol. The van der Waals surface area contributed by atoms with Crippen molar-refractivity contribution < 1.29 is 13.1 Å². The molecule has 0 fully saturated rings. The van der Waals surface area contributed by atoms with E-state index in [1.54, 1.807) is 36.4 Å². The Morgan fingerprint density at radius 2 is 1.24 bits per heavy atom. The van der Waals surface area contributed by atoms with Gasteiger partial charge >= 0.3 is 8.60 Å². The Bertz CT molecular complexity index is 583. The van der Waals surface area contributed by atoms with Crippen LogP contribution in [-0.4, -0.2) is 0 Å². The molecule has 21 heavy (non-hydrogen) atoms. The Morgan fingerprint density at radius 1 is 0.810 bits per heavy atom. The SMILES string of the molecule is Cc1cc(Cl)ccc1OP(OCl)Oc1ccc(Cl)cc1C. The lowest BCUT2D eigenvalue weighted by Crippen LogP contribution is -1.98. The van der Waals surface area contributed by atoms with Gasteiger partial charge in [0.05, 0.1) is 11.9 Å². The van der Waals surface area contributed by atoms with Crippen molar-refractivity contribution in [3.63, 3.8) is 0 Å². The molecule has 0 aliphatic heterocycles. The fourth-order valence-corrected chi connectivity index (χ4v) is 3.08. The molecule has 0 saturated heterocycles. The van der Waals surface area contributed by atoms with E-state index in [1.807, 2.05) is 13.8 Å². The van der Waals surface area contributed by atoms with Crippen LogP contribution in [0.1, 0.15) is 11.1 Å². The van der Waals surface area contributed by atoms with E-state index in [9.17, 15) is 0 Å². The highest BCUT2D eigenvalue weighted by Gasteiger charge is 2.19. The van der Waals surface area contributed by atoms with Crippen molar-refractivity contribution in [3.8, 4) is 11.5 Å². The summed E-state index contributed by atoms with van der Waals surface area (Å²) in [5, 5.41) is 1.26. The summed E-state index contributed by atoms with van der Waals surface area (Å²) < 4.78 is 16.0. The summed E-state index contributed by atoms with van der Waals surface area (Å²) in [7, 11) is -1.78. The Morgan fingerprint density at radius 3 is 1.57 bits per heavy atom. The topological polar surface area (TPSA) is 27.7 Å². The number of benzene rings is 2. The minimum Gasteiger partial charge on any atom is -0.417 e. The van der Waals surface area contributed by atoms with Gasteiger partial charge in [-0.05, 0) is 61.4 Å². The summed E-state index contributed by atoms with van der Waals surface area (Å²) in [6, 6.07) is 10.5. The average Bonchev–Trinajstić information content (AvgIpc) is 2.43. The lowest BCUT2D eigenvalue weighted by atomic mass is 10.2. The molecule has 0 aliphatic carbocycles. The maximum absolute atomic E-state index is 5.90. The van der Waals surface area contributed by atoms with Gasteiger partial charge in [-0.3, -0.25) is 0 Å². The van der Waals surface area contributed by atoms with Crippen LogP contribution in [0.2, 0.25) is 10.0 Å². The van der Waals surface area contributed by atoms with Gasteiger partial charge in [-0.15, -0.1) is 0 Å². The van der Waals surface area contributed by atoms with Gasteiger partial charge in [0.2, 0.25) is 0 Å². The van der Waals surface area contributed by atoms with E-state index in [1.165, 1.54) is 0 Å². The molecule has 0 N–H and O–H groups in total. The maximum atomic E-state index is 5.90. The molecule has 0 spiro atoms. The molecule has 0 heterocycles. The second-order valence-corrected chi connectivity index (χ2v) is 6.53. The smallest absolute Gasteiger partial charge is 0.417 e. The molecule has 7 heteroatoms. The molecule has 2 aromatic carbocycles. The van der Waals surface area contributed by atoms with Crippen LogP contribution in [0.4, 0.5) is 0 Å². The molecule has 3 nitrogen and oxygen atoms in total. The van der Waals surface area contributed by atoms with Crippen LogP contribution >= 0.6 is 43.7 Å². The van der Waals surface area contributed by atoms with Gasteiger partial charge < -0.3 is 9.05 Å². The summed E-state index contributed by atoms with van der Waals surface area (Å²) in [5.74, 6) is 1.19. The minimum absolute atomic E-state index is 0.595. The summed E-state index contributed by atoms with van der Waals surface area (Å²) in [4.78, 5) is 0. The third-order valence-corrected chi connectivity index (χ3v) is 4.29. The normalized spacial score (nSPS) is 10.8. The van der Waals surface area contributed by atoms with Crippen molar-refractivity contribution in [1.82, 2.24) is 0 Å². The van der Waals surface area contributed by atoms with Gasteiger partial charge in [0, 0.05) is 10.0 Å². The highest BCUT2D eigenvalue weighted by molar-refractivity contribution is 7.43. The number of rotatable bonds is 5. The van der Waals surface area contributed by atoms with Crippen molar-refractivity contribution in [2.75, 3.05) is 0 Å². The molecule has 0 aliphatic rings. The molecule has 0 bridgehead atoms. The largest absolute Gasteiger partial charge is 0.481 e. The molecule has 0 atom stereocenters. The summed E-state index contributed by atoms with van der Waals surface area (Å²) in [6.45, 7) is 3.74. The third kappa shape index (κ3) is 4.64. The van der Waals surface area contributed by atoms with Gasteiger partial charge in [0.1, 0.15) is 11.5 Å². The van der Waals surface area contributed by atoms with Crippen LogP contribution in [0.3, 0.4) is 0 Å². The van der Waals surface area contributed by atoms with Crippen molar-refractivity contribution in [2.45, 2.75) is 13.8 Å². The maximum Gasteiger partial charge on any atom is 0.481 e. The average molecular weight is 366 g/mol. The van der Waals surface area contributed by atoms with Crippen LogP contribution in [0.25, 0.3) is 0 Å². The molecular weight excluding hydrogens is 353 g/mol. The molecule has 0 saturated carbocycles. The molecule has 112 valence electrons. The monoisotopic (exact) mass is 364 g/mol. The quantitative estimate of drug-likeness (QED) is 0.569. The van der Waals surface area contributed by atoms with Gasteiger partial charge in [0.25, 0.3) is 0 Å². The van der Waals surface area contributed by atoms with Gasteiger partial charge in [0.15, 0.2) is 0 Å². The summed E-state index contributed by atoms with van der Waals surface area (Å²) in [5.41, 5.74) is 1.72. The number of halogens is 3. The highest BCUT2D eigenvalue weighted by atomic mass is 35.5. The Hall–Kier alpha value is -0.700. The standard InChI is InChI=1S/C14H12Cl3O3P/c1-9-7-11(15)3-5-13(9)18-21(20-17)19-14-6-4-12(16)8-10(14)2/h3-8H,1-2H3. The van der Waals surface area contributed by atoms with Gasteiger partial charge in [-0.2, -0.15) is 4.08 Å². The number of hydrogen-bond acceptors (Lipinski definition) is 3. The zero-order chi connectivity index (χ0) is 15.4. The Balaban J connectivity index is 2.13. The lowest BCUT2D eigenvalue weighted by molar-refractivity contribution is 0.400. The molecule has 0 amide bonds. The molecular formula is C14H12Cl3O3P. The molecule has 2 aromatic rings. The van der Waals surface area contributed by atoms with E-state index in [-0.39, 0.29) is 0 Å². The van der Waals surface area contributed by atoms with E-state index in [4.69, 9.17) is 48.2 Å². The van der Waals surface area contributed by atoms with Crippen LogP contribution in [0.15, 0.2) is 36.4 Å². The van der Waals surface area contributed by atoms with Crippen molar-refractivity contribution in [1.29, 1.82) is 0 Å². The fraction of sp³-hybridized carbons (Fsp3) is 0.143. The van der Waals surface area contributed by atoms with Crippen molar-refractivity contribution in [2.24, 2.45) is 0 Å².